The predicted octanol–water partition coefficient (Wildman–Crippen LogP) is 4.56. The number of halogens is 1. The Balaban J connectivity index is 2.02. The average Bonchev–Trinajstić information content (AvgIpc) is 3.15. The van der Waals surface area contributed by atoms with Gasteiger partial charge in [0.15, 0.2) is 0 Å². The average molecular weight is 391 g/mol. The van der Waals surface area contributed by atoms with E-state index in [1.54, 1.807) is 13.2 Å². The lowest BCUT2D eigenvalue weighted by atomic mass is 10.2. The molecule has 0 amide bonds. The van der Waals surface area contributed by atoms with Crippen LogP contribution in [-0.2, 0) is 18.0 Å². The fraction of sp³-hybridized carbons (Fsp3) is 0.500. The van der Waals surface area contributed by atoms with Gasteiger partial charge in [0.05, 0.1) is 36.7 Å². The van der Waals surface area contributed by atoms with Gasteiger partial charge in [-0.05, 0) is 25.0 Å². The number of benzene rings is 1. The van der Waals surface area contributed by atoms with Crippen molar-refractivity contribution in [1.29, 1.82) is 0 Å². The first-order chi connectivity index (χ1) is 13.1. The minimum absolute atomic E-state index is 0.522. The van der Waals surface area contributed by atoms with Crippen LogP contribution in [0.5, 0.6) is 5.75 Å². The molecule has 6 nitrogen and oxygen atoms in total. The molecule has 1 aliphatic rings. The molecule has 0 bridgehead atoms. The summed E-state index contributed by atoms with van der Waals surface area (Å²) >= 11 is 6.46. The van der Waals surface area contributed by atoms with Crippen LogP contribution in [0.3, 0.4) is 0 Å². The molecule has 1 aromatic carbocycles. The molecule has 3 rings (SSSR count). The second-order valence-electron chi connectivity index (χ2n) is 6.63. The predicted molar refractivity (Wildman–Crippen MR) is 109 cm³/mol. The lowest BCUT2D eigenvalue weighted by Gasteiger charge is -2.27. The molecular formula is C20H27ClN4O2. The summed E-state index contributed by atoms with van der Waals surface area (Å²) in [5, 5.41) is 0.595. The van der Waals surface area contributed by atoms with Gasteiger partial charge in [0, 0.05) is 31.8 Å². The molecule has 2 aromatic rings. The van der Waals surface area contributed by atoms with Crippen molar-refractivity contribution >= 4 is 29.1 Å². The molecule has 1 aromatic heterocycles. The SMILES string of the molecule is CCCN(CCC)c1nc(N(C)c2ccc(OC)cc2Cl)nc2c1COC2. The molecule has 2 heterocycles. The number of rotatable bonds is 8. The van der Waals surface area contributed by atoms with Crippen LogP contribution in [0.15, 0.2) is 18.2 Å². The van der Waals surface area contributed by atoms with Crippen molar-refractivity contribution in [1.82, 2.24) is 9.97 Å². The molecule has 0 saturated heterocycles. The molecule has 27 heavy (non-hydrogen) atoms. The lowest BCUT2D eigenvalue weighted by molar-refractivity contribution is 0.133. The van der Waals surface area contributed by atoms with E-state index in [0.29, 0.717) is 24.2 Å². The molecule has 7 heteroatoms. The van der Waals surface area contributed by atoms with Gasteiger partial charge < -0.3 is 19.3 Å². The topological polar surface area (TPSA) is 50.7 Å². The summed E-state index contributed by atoms with van der Waals surface area (Å²) in [5.41, 5.74) is 2.90. The van der Waals surface area contributed by atoms with Gasteiger partial charge >= 0.3 is 0 Å². The smallest absolute Gasteiger partial charge is 0.231 e. The molecule has 0 unspecified atom stereocenters. The molecular weight excluding hydrogens is 364 g/mol. The van der Waals surface area contributed by atoms with Gasteiger partial charge in [0.25, 0.3) is 0 Å². The second kappa shape index (κ2) is 8.76. The summed E-state index contributed by atoms with van der Waals surface area (Å²) in [6.45, 7) is 7.39. The van der Waals surface area contributed by atoms with Crippen LogP contribution in [0.1, 0.15) is 37.9 Å². The highest BCUT2D eigenvalue weighted by Gasteiger charge is 2.25. The van der Waals surface area contributed by atoms with Crippen LogP contribution in [0.25, 0.3) is 0 Å². The van der Waals surface area contributed by atoms with E-state index in [1.165, 1.54) is 0 Å². The van der Waals surface area contributed by atoms with Crippen molar-refractivity contribution in [3.8, 4) is 5.75 Å². The third-order valence-electron chi connectivity index (χ3n) is 4.65. The number of anilines is 3. The minimum atomic E-state index is 0.522. The van der Waals surface area contributed by atoms with Crippen LogP contribution in [0.2, 0.25) is 5.02 Å². The second-order valence-corrected chi connectivity index (χ2v) is 7.04. The molecule has 0 fully saturated rings. The number of hydrogen-bond donors (Lipinski definition) is 0. The van der Waals surface area contributed by atoms with E-state index in [4.69, 9.17) is 31.0 Å². The number of hydrogen-bond acceptors (Lipinski definition) is 6. The number of ether oxygens (including phenoxy) is 2. The lowest BCUT2D eigenvalue weighted by Crippen LogP contribution is -2.28. The fourth-order valence-electron chi connectivity index (χ4n) is 3.29. The molecule has 0 N–H and O–H groups in total. The summed E-state index contributed by atoms with van der Waals surface area (Å²) < 4.78 is 10.9. The number of nitrogens with zero attached hydrogens (tertiary/aromatic N) is 4. The summed E-state index contributed by atoms with van der Waals surface area (Å²) in [4.78, 5) is 13.9. The van der Waals surface area contributed by atoms with Crippen molar-refractivity contribution in [2.24, 2.45) is 0 Å². The first-order valence-electron chi connectivity index (χ1n) is 9.38. The zero-order valence-electron chi connectivity index (χ0n) is 16.5. The first kappa shape index (κ1) is 19.7. The first-order valence-corrected chi connectivity index (χ1v) is 9.76. The Hall–Kier alpha value is -2.05. The van der Waals surface area contributed by atoms with Gasteiger partial charge in [-0.15, -0.1) is 0 Å². The quantitative estimate of drug-likeness (QED) is 0.658. The van der Waals surface area contributed by atoms with Crippen molar-refractivity contribution in [2.45, 2.75) is 39.9 Å². The van der Waals surface area contributed by atoms with Crippen LogP contribution < -0.4 is 14.5 Å². The van der Waals surface area contributed by atoms with Gasteiger partial charge in [-0.3, -0.25) is 0 Å². The maximum Gasteiger partial charge on any atom is 0.231 e. The van der Waals surface area contributed by atoms with Gasteiger partial charge in [-0.2, -0.15) is 4.98 Å². The largest absolute Gasteiger partial charge is 0.497 e. The van der Waals surface area contributed by atoms with Crippen LogP contribution in [0.4, 0.5) is 17.5 Å². The zero-order valence-corrected chi connectivity index (χ0v) is 17.2. The van der Waals surface area contributed by atoms with Gasteiger partial charge in [0.1, 0.15) is 11.6 Å². The van der Waals surface area contributed by atoms with Crippen molar-refractivity contribution in [3.05, 3.63) is 34.5 Å². The maximum atomic E-state index is 6.46. The molecule has 0 spiro atoms. The van der Waals surface area contributed by atoms with Crippen LogP contribution in [0, 0.1) is 0 Å². The van der Waals surface area contributed by atoms with Gasteiger partial charge in [0.2, 0.25) is 5.95 Å². The van der Waals surface area contributed by atoms with E-state index in [1.807, 2.05) is 24.1 Å². The molecule has 0 saturated carbocycles. The summed E-state index contributed by atoms with van der Waals surface area (Å²) in [6.07, 6.45) is 2.13. The minimum Gasteiger partial charge on any atom is -0.497 e. The highest BCUT2D eigenvalue weighted by molar-refractivity contribution is 6.33. The highest BCUT2D eigenvalue weighted by Crippen LogP contribution is 2.35. The van der Waals surface area contributed by atoms with E-state index in [-0.39, 0.29) is 0 Å². The fourth-order valence-corrected chi connectivity index (χ4v) is 3.59. The standard InChI is InChI=1S/C20H27ClN4O2/c1-5-9-25(10-6-2)19-15-12-27-13-17(15)22-20(23-19)24(3)18-8-7-14(26-4)11-16(18)21/h7-8,11H,5-6,9-10,12-13H2,1-4H3. The van der Waals surface area contributed by atoms with Crippen molar-refractivity contribution < 1.29 is 9.47 Å². The Morgan fingerprint density at radius 2 is 1.89 bits per heavy atom. The normalized spacial score (nSPS) is 12.8. The number of fused-ring (bicyclic) bond motifs is 1. The Morgan fingerprint density at radius 1 is 1.15 bits per heavy atom. The third kappa shape index (κ3) is 4.12. The van der Waals surface area contributed by atoms with E-state index < -0.39 is 0 Å². The molecule has 146 valence electrons. The van der Waals surface area contributed by atoms with E-state index >= 15 is 0 Å². The highest BCUT2D eigenvalue weighted by atomic mass is 35.5. The molecule has 0 radical (unpaired) electrons. The molecule has 1 aliphatic heterocycles. The van der Waals surface area contributed by atoms with Crippen molar-refractivity contribution in [3.63, 3.8) is 0 Å². The Labute approximate surface area is 166 Å². The molecule has 0 aliphatic carbocycles. The van der Waals surface area contributed by atoms with E-state index in [9.17, 15) is 0 Å². The Kier molecular flexibility index (Phi) is 6.39. The van der Waals surface area contributed by atoms with Gasteiger partial charge in [-0.1, -0.05) is 25.4 Å². The Bertz CT molecular complexity index is 794. The molecule has 0 atom stereocenters. The van der Waals surface area contributed by atoms with E-state index in [2.05, 4.69) is 18.7 Å². The monoisotopic (exact) mass is 390 g/mol. The summed E-state index contributed by atoms with van der Waals surface area (Å²) in [7, 11) is 3.56. The van der Waals surface area contributed by atoms with Crippen molar-refractivity contribution in [2.75, 3.05) is 37.0 Å². The Morgan fingerprint density at radius 3 is 2.52 bits per heavy atom. The maximum absolute atomic E-state index is 6.46. The third-order valence-corrected chi connectivity index (χ3v) is 4.95. The number of methoxy groups -OCH3 is 1. The van der Waals surface area contributed by atoms with Gasteiger partial charge in [-0.25, -0.2) is 4.98 Å². The summed E-state index contributed by atoms with van der Waals surface area (Å²) in [5.74, 6) is 2.32. The van der Waals surface area contributed by atoms with E-state index in [0.717, 1.165) is 54.4 Å². The zero-order chi connectivity index (χ0) is 19.4. The van der Waals surface area contributed by atoms with Crippen LogP contribution >= 0.6 is 11.6 Å². The number of aromatic nitrogens is 2. The summed E-state index contributed by atoms with van der Waals surface area (Å²) in [6, 6.07) is 5.60. The van der Waals surface area contributed by atoms with Crippen LogP contribution in [-0.4, -0.2) is 37.2 Å².